The third-order valence-electron chi connectivity index (χ3n) is 3.07. The molecule has 1 atom stereocenters. The Hall–Kier alpha value is -2.02. The third-order valence-corrected chi connectivity index (χ3v) is 3.07. The minimum atomic E-state index is -1.19. The van der Waals surface area contributed by atoms with Crippen LogP contribution in [-0.2, 0) is 4.79 Å². The van der Waals surface area contributed by atoms with Gasteiger partial charge in [-0.25, -0.2) is 4.79 Å². The first-order valence-corrected chi connectivity index (χ1v) is 5.49. The lowest BCUT2D eigenvalue weighted by Gasteiger charge is -2.26. The van der Waals surface area contributed by atoms with Crippen LogP contribution in [0, 0.1) is 17.2 Å². The van der Waals surface area contributed by atoms with Gasteiger partial charge in [0.1, 0.15) is 5.75 Å². The van der Waals surface area contributed by atoms with Crippen LogP contribution in [0.1, 0.15) is 25.3 Å². The van der Waals surface area contributed by atoms with Crippen LogP contribution in [0.4, 0.5) is 0 Å². The van der Waals surface area contributed by atoms with E-state index in [2.05, 4.69) is 0 Å². The van der Waals surface area contributed by atoms with Crippen LogP contribution in [-0.4, -0.2) is 16.7 Å². The highest BCUT2D eigenvalue weighted by atomic mass is 16.5. The van der Waals surface area contributed by atoms with Crippen molar-refractivity contribution in [3.05, 3.63) is 29.8 Å². The molecule has 4 heteroatoms. The molecule has 1 aliphatic carbocycles. The lowest BCUT2D eigenvalue weighted by Crippen LogP contribution is -2.43. The number of rotatable bonds is 4. The summed E-state index contributed by atoms with van der Waals surface area (Å²) in [7, 11) is 0. The van der Waals surface area contributed by atoms with Gasteiger partial charge in [0.05, 0.1) is 11.6 Å². The molecular weight excluding hydrogens is 218 g/mol. The molecule has 0 heterocycles. The minimum absolute atomic E-state index is 0.0609. The zero-order chi connectivity index (χ0) is 12.5. The fourth-order valence-corrected chi connectivity index (χ4v) is 1.81. The number of carboxylic acid groups (broad SMARTS) is 1. The fraction of sp³-hybridized carbons (Fsp3) is 0.385. The SMILES string of the molecule is CC(Oc1cccc(C#N)c1)(C(=O)O)C1CC1. The van der Waals surface area contributed by atoms with Crippen molar-refractivity contribution in [2.75, 3.05) is 0 Å². The largest absolute Gasteiger partial charge is 0.478 e. The Morgan fingerprint density at radius 3 is 2.82 bits per heavy atom. The Bertz CT molecular complexity index is 488. The fourth-order valence-electron chi connectivity index (χ4n) is 1.81. The quantitative estimate of drug-likeness (QED) is 0.862. The van der Waals surface area contributed by atoms with Crippen molar-refractivity contribution in [2.45, 2.75) is 25.4 Å². The van der Waals surface area contributed by atoms with E-state index in [1.54, 1.807) is 31.2 Å². The molecule has 0 spiro atoms. The zero-order valence-corrected chi connectivity index (χ0v) is 9.51. The molecule has 0 aliphatic heterocycles. The number of ether oxygens (including phenoxy) is 1. The lowest BCUT2D eigenvalue weighted by atomic mass is 10.0. The van der Waals surface area contributed by atoms with Crippen LogP contribution in [0.2, 0.25) is 0 Å². The maximum absolute atomic E-state index is 11.3. The van der Waals surface area contributed by atoms with Gasteiger partial charge in [0.2, 0.25) is 5.60 Å². The standard InChI is InChI=1S/C13H13NO3/c1-13(12(15)16,10-5-6-10)17-11-4-2-3-9(7-11)8-14/h2-4,7,10H,5-6H2,1H3,(H,15,16). The summed E-state index contributed by atoms with van der Waals surface area (Å²) in [6.07, 6.45) is 1.75. The molecule has 88 valence electrons. The second-order valence-electron chi connectivity index (χ2n) is 4.43. The van der Waals surface area contributed by atoms with Crippen molar-refractivity contribution in [2.24, 2.45) is 5.92 Å². The Labute approximate surface area is 99.4 Å². The molecular formula is C13H13NO3. The van der Waals surface area contributed by atoms with Gasteiger partial charge in [0, 0.05) is 5.92 Å². The van der Waals surface area contributed by atoms with Gasteiger partial charge < -0.3 is 9.84 Å². The first kappa shape index (κ1) is 11.5. The number of benzene rings is 1. The van der Waals surface area contributed by atoms with Crippen molar-refractivity contribution < 1.29 is 14.6 Å². The maximum atomic E-state index is 11.3. The highest BCUT2D eigenvalue weighted by molar-refractivity contribution is 5.78. The molecule has 1 aromatic carbocycles. The number of nitrogens with zero attached hydrogens (tertiary/aromatic N) is 1. The smallest absolute Gasteiger partial charge is 0.348 e. The summed E-state index contributed by atoms with van der Waals surface area (Å²) in [4.78, 5) is 11.3. The lowest BCUT2D eigenvalue weighted by molar-refractivity contribution is -0.155. The van der Waals surface area contributed by atoms with Crippen LogP contribution < -0.4 is 4.74 Å². The van der Waals surface area contributed by atoms with E-state index in [1.165, 1.54) is 0 Å². The van der Waals surface area contributed by atoms with Gasteiger partial charge in [0.25, 0.3) is 0 Å². The molecule has 0 aromatic heterocycles. The average Bonchev–Trinajstić information content (AvgIpc) is 3.13. The molecule has 1 N–H and O–H groups in total. The van der Waals surface area contributed by atoms with E-state index in [0.717, 1.165) is 12.8 Å². The summed E-state index contributed by atoms with van der Waals surface area (Å²) in [5.41, 5.74) is -0.723. The van der Waals surface area contributed by atoms with Gasteiger partial charge >= 0.3 is 5.97 Å². The number of carboxylic acids is 1. The zero-order valence-electron chi connectivity index (χ0n) is 9.51. The van der Waals surface area contributed by atoms with E-state index in [9.17, 15) is 9.90 Å². The molecule has 2 rings (SSSR count). The number of carbonyl (C=O) groups is 1. The summed E-state index contributed by atoms with van der Waals surface area (Å²) in [6.45, 7) is 1.59. The Morgan fingerprint density at radius 2 is 2.29 bits per heavy atom. The molecule has 17 heavy (non-hydrogen) atoms. The number of hydrogen-bond acceptors (Lipinski definition) is 3. The van der Waals surface area contributed by atoms with E-state index >= 15 is 0 Å². The molecule has 1 aliphatic rings. The summed E-state index contributed by atoms with van der Waals surface area (Å²) in [6, 6.07) is 8.57. The average molecular weight is 231 g/mol. The summed E-state index contributed by atoms with van der Waals surface area (Å²) < 4.78 is 5.58. The predicted molar refractivity (Wildman–Crippen MR) is 60.5 cm³/mol. The van der Waals surface area contributed by atoms with Crippen molar-refractivity contribution in [3.63, 3.8) is 0 Å². The maximum Gasteiger partial charge on any atom is 0.348 e. The molecule has 0 amide bonds. The Kier molecular flexibility index (Phi) is 2.76. The van der Waals surface area contributed by atoms with Gasteiger partial charge in [-0.2, -0.15) is 5.26 Å². The summed E-state index contributed by atoms with van der Waals surface area (Å²) in [5, 5.41) is 18.0. The molecule has 0 radical (unpaired) electrons. The van der Waals surface area contributed by atoms with Gasteiger partial charge in [-0.1, -0.05) is 6.07 Å². The van der Waals surface area contributed by atoms with E-state index in [0.29, 0.717) is 11.3 Å². The number of nitriles is 1. The van der Waals surface area contributed by atoms with Gasteiger partial charge in [0.15, 0.2) is 0 Å². The summed E-state index contributed by atoms with van der Waals surface area (Å²) >= 11 is 0. The Morgan fingerprint density at radius 1 is 1.59 bits per heavy atom. The monoisotopic (exact) mass is 231 g/mol. The minimum Gasteiger partial charge on any atom is -0.478 e. The molecule has 0 saturated heterocycles. The van der Waals surface area contributed by atoms with E-state index in [1.807, 2.05) is 6.07 Å². The third kappa shape index (κ3) is 2.23. The van der Waals surface area contributed by atoms with Crippen LogP contribution >= 0.6 is 0 Å². The second-order valence-corrected chi connectivity index (χ2v) is 4.43. The first-order chi connectivity index (χ1) is 8.06. The van der Waals surface area contributed by atoms with Crippen molar-refractivity contribution in [3.8, 4) is 11.8 Å². The summed E-state index contributed by atoms with van der Waals surface area (Å²) in [5.74, 6) is -0.464. The molecule has 1 aromatic rings. The van der Waals surface area contributed by atoms with Crippen molar-refractivity contribution >= 4 is 5.97 Å². The van der Waals surface area contributed by atoms with Crippen LogP contribution in [0.3, 0.4) is 0 Å². The predicted octanol–water partition coefficient (Wildman–Crippen LogP) is 2.19. The number of hydrogen-bond donors (Lipinski definition) is 1. The molecule has 1 unspecified atom stereocenters. The van der Waals surface area contributed by atoms with Crippen molar-refractivity contribution in [1.29, 1.82) is 5.26 Å². The van der Waals surface area contributed by atoms with E-state index < -0.39 is 11.6 Å². The molecule has 1 saturated carbocycles. The van der Waals surface area contributed by atoms with E-state index in [4.69, 9.17) is 10.00 Å². The van der Waals surface area contributed by atoms with Crippen LogP contribution in [0.5, 0.6) is 5.75 Å². The topological polar surface area (TPSA) is 70.3 Å². The van der Waals surface area contributed by atoms with Crippen LogP contribution in [0.15, 0.2) is 24.3 Å². The molecule has 4 nitrogen and oxygen atoms in total. The highest BCUT2D eigenvalue weighted by Gasteiger charge is 2.49. The van der Waals surface area contributed by atoms with E-state index in [-0.39, 0.29) is 5.92 Å². The van der Waals surface area contributed by atoms with Crippen LogP contribution in [0.25, 0.3) is 0 Å². The van der Waals surface area contributed by atoms with Gasteiger partial charge in [-0.15, -0.1) is 0 Å². The normalized spacial score (nSPS) is 17.9. The van der Waals surface area contributed by atoms with Gasteiger partial charge in [-0.05, 0) is 38.0 Å². The Balaban J connectivity index is 2.23. The number of aliphatic carboxylic acids is 1. The first-order valence-electron chi connectivity index (χ1n) is 5.49. The highest BCUT2D eigenvalue weighted by Crippen LogP contribution is 2.42. The molecule has 0 bridgehead atoms. The van der Waals surface area contributed by atoms with Crippen molar-refractivity contribution in [1.82, 2.24) is 0 Å². The second kappa shape index (κ2) is 4.10. The van der Waals surface area contributed by atoms with Gasteiger partial charge in [-0.3, -0.25) is 0 Å². The molecule has 1 fully saturated rings.